The van der Waals surface area contributed by atoms with Gasteiger partial charge in [0, 0.05) is 12.2 Å². The van der Waals surface area contributed by atoms with Crippen molar-refractivity contribution in [1.29, 1.82) is 0 Å². The Kier molecular flexibility index (Phi) is 5.81. The quantitative estimate of drug-likeness (QED) is 0.822. The number of aryl methyl sites for hydroxylation is 1. The number of amides is 1. The van der Waals surface area contributed by atoms with Crippen LogP contribution in [0.15, 0.2) is 24.4 Å². The minimum Gasteiger partial charge on any atom is -0.451 e. The highest BCUT2D eigenvalue weighted by Gasteiger charge is 2.19. The van der Waals surface area contributed by atoms with Crippen LogP contribution in [0.5, 0.6) is 0 Å². The van der Waals surface area contributed by atoms with Crippen LogP contribution in [0, 0.1) is 6.92 Å². The molecular formula is C16H19N3O3S. The Morgan fingerprint density at radius 2 is 2.17 bits per heavy atom. The van der Waals surface area contributed by atoms with Crippen LogP contribution in [0.3, 0.4) is 0 Å². The molecule has 1 amide bonds. The van der Waals surface area contributed by atoms with Crippen molar-refractivity contribution < 1.29 is 14.3 Å². The lowest BCUT2D eigenvalue weighted by atomic mass is 10.2. The molecule has 0 saturated heterocycles. The molecule has 2 rings (SSSR count). The molecule has 0 aliphatic heterocycles. The zero-order chi connectivity index (χ0) is 16.8. The van der Waals surface area contributed by atoms with Crippen LogP contribution >= 0.6 is 11.3 Å². The third-order valence-electron chi connectivity index (χ3n) is 3.22. The van der Waals surface area contributed by atoms with Crippen LogP contribution in [0.2, 0.25) is 0 Å². The molecule has 0 radical (unpaired) electrons. The molecule has 122 valence electrons. The first-order valence-corrected chi connectivity index (χ1v) is 8.18. The number of carbonyl (C=O) groups is 2. The fourth-order valence-corrected chi connectivity index (χ4v) is 2.74. The number of aromatic nitrogens is 2. The summed E-state index contributed by atoms with van der Waals surface area (Å²) in [7, 11) is 0. The molecule has 0 unspecified atom stereocenters. The number of pyridine rings is 1. The largest absolute Gasteiger partial charge is 0.451 e. The van der Waals surface area contributed by atoms with E-state index in [-0.39, 0.29) is 18.6 Å². The molecule has 7 heteroatoms. The monoisotopic (exact) mass is 333 g/mol. The van der Waals surface area contributed by atoms with Gasteiger partial charge < -0.3 is 10.1 Å². The fraction of sp³-hybridized carbons (Fsp3) is 0.375. The normalized spacial score (nSPS) is 11.8. The summed E-state index contributed by atoms with van der Waals surface area (Å²) in [6.07, 6.45) is 2.49. The van der Waals surface area contributed by atoms with Crippen molar-refractivity contribution in [2.75, 3.05) is 6.61 Å². The van der Waals surface area contributed by atoms with Gasteiger partial charge in [0.1, 0.15) is 9.88 Å². The minimum atomic E-state index is -0.540. The molecule has 0 bridgehead atoms. The third-order valence-corrected chi connectivity index (χ3v) is 4.38. The molecule has 0 fully saturated rings. The molecule has 2 aromatic heterocycles. The summed E-state index contributed by atoms with van der Waals surface area (Å²) in [5.41, 5.74) is 1.28. The predicted octanol–water partition coefficient (Wildman–Crippen LogP) is 2.59. The predicted molar refractivity (Wildman–Crippen MR) is 88.3 cm³/mol. The van der Waals surface area contributed by atoms with Gasteiger partial charge in [0.15, 0.2) is 6.61 Å². The molecule has 0 aliphatic carbocycles. The Hall–Kier alpha value is -2.28. The van der Waals surface area contributed by atoms with Crippen LogP contribution < -0.4 is 5.32 Å². The van der Waals surface area contributed by atoms with E-state index in [4.69, 9.17) is 4.74 Å². The van der Waals surface area contributed by atoms with E-state index < -0.39 is 5.97 Å². The minimum absolute atomic E-state index is 0.0575. The van der Waals surface area contributed by atoms with E-state index in [1.54, 1.807) is 13.1 Å². The second kappa shape index (κ2) is 7.82. The van der Waals surface area contributed by atoms with E-state index >= 15 is 0 Å². The maximum Gasteiger partial charge on any atom is 0.350 e. The Morgan fingerprint density at radius 1 is 1.39 bits per heavy atom. The molecule has 0 aromatic carbocycles. The van der Waals surface area contributed by atoms with Gasteiger partial charge in [0.2, 0.25) is 0 Å². The highest BCUT2D eigenvalue weighted by molar-refractivity contribution is 7.17. The number of rotatable bonds is 6. The Morgan fingerprint density at radius 3 is 2.83 bits per heavy atom. The van der Waals surface area contributed by atoms with Crippen molar-refractivity contribution in [3.05, 3.63) is 35.0 Å². The van der Waals surface area contributed by atoms with Crippen molar-refractivity contribution in [2.45, 2.75) is 33.2 Å². The van der Waals surface area contributed by atoms with E-state index in [0.29, 0.717) is 21.3 Å². The second-order valence-electron chi connectivity index (χ2n) is 5.10. The van der Waals surface area contributed by atoms with Crippen molar-refractivity contribution in [2.24, 2.45) is 0 Å². The molecule has 1 N–H and O–H groups in total. The lowest BCUT2D eigenvalue weighted by Gasteiger charge is -2.11. The molecule has 0 spiro atoms. The van der Waals surface area contributed by atoms with E-state index in [2.05, 4.69) is 15.3 Å². The molecule has 23 heavy (non-hydrogen) atoms. The zero-order valence-corrected chi connectivity index (χ0v) is 14.1. The Labute approximate surface area is 138 Å². The number of esters is 1. The summed E-state index contributed by atoms with van der Waals surface area (Å²) in [5.74, 6) is -0.846. The lowest BCUT2D eigenvalue weighted by Crippen LogP contribution is -2.35. The summed E-state index contributed by atoms with van der Waals surface area (Å²) < 4.78 is 5.06. The molecule has 2 heterocycles. The SMILES string of the molecule is CC[C@@H](C)NC(=O)COC(=O)c1sc(-c2ccccn2)nc1C. The number of thiazole rings is 1. The standard InChI is InChI=1S/C16H19N3O3S/c1-4-10(2)18-13(20)9-22-16(21)14-11(3)19-15(23-14)12-7-5-6-8-17-12/h5-8,10H,4,9H2,1-3H3,(H,18,20)/t10-/m1/s1. The van der Waals surface area contributed by atoms with Crippen LogP contribution in [0.25, 0.3) is 10.7 Å². The van der Waals surface area contributed by atoms with Gasteiger partial charge in [-0.1, -0.05) is 13.0 Å². The van der Waals surface area contributed by atoms with Crippen LogP contribution in [-0.2, 0) is 9.53 Å². The Balaban J connectivity index is 2.00. The van der Waals surface area contributed by atoms with Crippen LogP contribution in [-0.4, -0.2) is 34.5 Å². The lowest BCUT2D eigenvalue weighted by molar-refractivity contribution is -0.124. The number of nitrogens with zero attached hydrogens (tertiary/aromatic N) is 2. The third kappa shape index (κ3) is 4.59. The fourth-order valence-electron chi connectivity index (χ4n) is 1.80. The summed E-state index contributed by atoms with van der Waals surface area (Å²) >= 11 is 1.21. The second-order valence-corrected chi connectivity index (χ2v) is 6.10. The van der Waals surface area contributed by atoms with Gasteiger partial charge in [-0.05, 0) is 32.4 Å². The first-order chi connectivity index (χ1) is 11.0. The Bertz CT molecular complexity index is 685. The number of hydrogen-bond donors (Lipinski definition) is 1. The summed E-state index contributed by atoms with van der Waals surface area (Å²) in [4.78, 5) is 32.7. The van der Waals surface area contributed by atoms with Crippen molar-refractivity contribution in [3.8, 4) is 10.7 Å². The zero-order valence-electron chi connectivity index (χ0n) is 13.3. The number of nitrogens with one attached hydrogen (secondary N) is 1. The van der Waals surface area contributed by atoms with Gasteiger partial charge in [0.25, 0.3) is 5.91 Å². The van der Waals surface area contributed by atoms with E-state index in [1.165, 1.54) is 11.3 Å². The van der Waals surface area contributed by atoms with Gasteiger partial charge >= 0.3 is 5.97 Å². The molecule has 0 saturated carbocycles. The molecule has 1 atom stereocenters. The average molecular weight is 333 g/mol. The topological polar surface area (TPSA) is 81.2 Å². The van der Waals surface area contributed by atoms with Crippen LogP contribution in [0.1, 0.15) is 35.6 Å². The van der Waals surface area contributed by atoms with Crippen molar-refractivity contribution in [1.82, 2.24) is 15.3 Å². The van der Waals surface area contributed by atoms with Gasteiger partial charge in [-0.3, -0.25) is 9.78 Å². The maximum absolute atomic E-state index is 12.1. The highest BCUT2D eigenvalue weighted by atomic mass is 32.1. The summed E-state index contributed by atoms with van der Waals surface area (Å²) in [5, 5.41) is 3.40. The summed E-state index contributed by atoms with van der Waals surface area (Å²) in [6, 6.07) is 5.56. The van der Waals surface area contributed by atoms with Crippen molar-refractivity contribution in [3.63, 3.8) is 0 Å². The number of carbonyl (C=O) groups excluding carboxylic acids is 2. The van der Waals surface area contributed by atoms with E-state index in [9.17, 15) is 9.59 Å². The van der Waals surface area contributed by atoms with Gasteiger partial charge in [0.05, 0.1) is 11.4 Å². The first-order valence-electron chi connectivity index (χ1n) is 7.36. The number of ether oxygens (including phenoxy) is 1. The van der Waals surface area contributed by atoms with Gasteiger partial charge in [-0.15, -0.1) is 11.3 Å². The molecular weight excluding hydrogens is 314 g/mol. The van der Waals surface area contributed by atoms with Crippen molar-refractivity contribution >= 4 is 23.2 Å². The van der Waals surface area contributed by atoms with E-state index in [0.717, 1.165) is 6.42 Å². The smallest absolute Gasteiger partial charge is 0.350 e. The molecule has 2 aromatic rings. The van der Waals surface area contributed by atoms with Gasteiger partial charge in [-0.2, -0.15) is 0 Å². The van der Waals surface area contributed by atoms with Crippen LogP contribution in [0.4, 0.5) is 0 Å². The molecule has 6 nitrogen and oxygen atoms in total. The van der Waals surface area contributed by atoms with E-state index in [1.807, 2.05) is 32.0 Å². The highest BCUT2D eigenvalue weighted by Crippen LogP contribution is 2.26. The first kappa shape index (κ1) is 17.1. The average Bonchev–Trinajstić information content (AvgIpc) is 2.95. The maximum atomic E-state index is 12.1. The summed E-state index contributed by atoms with van der Waals surface area (Å²) in [6.45, 7) is 5.31. The number of hydrogen-bond acceptors (Lipinski definition) is 6. The van der Waals surface area contributed by atoms with Gasteiger partial charge in [-0.25, -0.2) is 9.78 Å². The molecule has 0 aliphatic rings.